The molecule has 2 nitrogen and oxygen atoms in total. The first-order valence-corrected chi connectivity index (χ1v) is 5.25. The molecule has 0 radical (unpaired) electrons. The lowest BCUT2D eigenvalue weighted by Gasteiger charge is -2.16. The van der Waals surface area contributed by atoms with Gasteiger partial charge in [-0.3, -0.25) is 0 Å². The van der Waals surface area contributed by atoms with Gasteiger partial charge in [0, 0.05) is 19.0 Å². The van der Waals surface area contributed by atoms with Crippen LogP contribution in [0.15, 0.2) is 30.3 Å². The Hall–Kier alpha value is -0.860. The molecule has 1 saturated heterocycles. The van der Waals surface area contributed by atoms with Crippen molar-refractivity contribution in [1.82, 2.24) is 4.90 Å². The van der Waals surface area contributed by atoms with Crippen molar-refractivity contribution in [2.24, 2.45) is 11.7 Å². The van der Waals surface area contributed by atoms with Gasteiger partial charge in [-0.1, -0.05) is 30.3 Å². The monoisotopic (exact) mass is 190 g/mol. The number of benzene rings is 1. The van der Waals surface area contributed by atoms with E-state index >= 15 is 0 Å². The van der Waals surface area contributed by atoms with Crippen molar-refractivity contribution in [3.63, 3.8) is 0 Å². The summed E-state index contributed by atoms with van der Waals surface area (Å²) in [7, 11) is 2.17. The van der Waals surface area contributed by atoms with E-state index in [1.807, 2.05) is 0 Å². The molecule has 1 aromatic rings. The minimum absolute atomic E-state index is 0.627. The third kappa shape index (κ3) is 1.81. The van der Waals surface area contributed by atoms with Crippen LogP contribution in [0.5, 0.6) is 0 Å². The van der Waals surface area contributed by atoms with Crippen LogP contribution in [0.25, 0.3) is 0 Å². The van der Waals surface area contributed by atoms with Gasteiger partial charge in [0.25, 0.3) is 0 Å². The van der Waals surface area contributed by atoms with Crippen LogP contribution in [-0.2, 0) is 0 Å². The van der Waals surface area contributed by atoms with Crippen molar-refractivity contribution in [3.8, 4) is 0 Å². The van der Waals surface area contributed by atoms with E-state index in [0.717, 1.165) is 19.6 Å². The Morgan fingerprint density at radius 3 is 2.64 bits per heavy atom. The van der Waals surface area contributed by atoms with Gasteiger partial charge < -0.3 is 10.6 Å². The highest BCUT2D eigenvalue weighted by atomic mass is 15.1. The predicted molar refractivity (Wildman–Crippen MR) is 59.2 cm³/mol. The van der Waals surface area contributed by atoms with Crippen molar-refractivity contribution in [2.45, 2.75) is 5.92 Å². The molecular weight excluding hydrogens is 172 g/mol. The fourth-order valence-electron chi connectivity index (χ4n) is 2.40. The Morgan fingerprint density at radius 1 is 1.29 bits per heavy atom. The average Bonchev–Trinajstić information content (AvgIpc) is 2.61. The zero-order valence-electron chi connectivity index (χ0n) is 8.69. The van der Waals surface area contributed by atoms with Crippen LogP contribution in [0.1, 0.15) is 11.5 Å². The molecule has 2 atom stereocenters. The second kappa shape index (κ2) is 4.11. The normalized spacial score (nSPS) is 28.1. The van der Waals surface area contributed by atoms with Crippen molar-refractivity contribution in [2.75, 3.05) is 26.7 Å². The Kier molecular flexibility index (Phi) is 2.85. The molecule has 14 heavy (non-hydrogen) atoms. The molecule has 0 aromatic heterocycles. The van der Waals surface area contributed by atoms with E-state index in [0.29, 0.717) is 11.8 Å². The van der Waals surface area contributed by atoms with Crippen LogP contribution in [0.4, 0.5) is 0 Å². The first-order valence-electron chi connectivity index (χ1n) is 5.25. The molecule has 0 unspecified atom stereocenters. The predicted octanol–water partition coefficient (Wildman–Crippen LogP) is 1.29. The van der Waals surface area contributed by atoms with E-state index in [9.17, 15) is 0 Å². The van der Waals surface area contributed by atoms with Gasteiger partial charge in [-0.15, -0.1) is 0 Å². The van der Waals surface area contributed by atoms with Gasteiger partial charge in [0.1, 0.15) is 0 Å². The maximum Gasteiger partial charge on any atom is 0.00510 e. The van der Waals surface area contributed by atoms with Crippen LogP contribution < -0.4 is 5.73 Å². The van der Waals surface area contributed by atoms with E-state index in [4.69, 9.17) is 5.73 Å². The molecule has 1 aliphatic rings. The molecule has 1 fully saturated rings. The summed E-state index contributed by atoms with van der Waals surface area (Å²) in [5.41, 5.74) is 7.23. The molecule has 0 spiro atoms. The lowest BCUT2D eigenvalue weighted by atomic mass is 9.89. The molecule has 0 amide bonds. The first-order chi connectivity index (χ1) is 6.81. The minimum Gasteiger partial charge on any atom is -0.330 e. The summed E-state index contributed by atoms with van der Waals surface area (Å²) in [5, 5.41) is 0. The second-order valence-electron chi connectivity index (χ2n) is 4.23. The molecule has 0 bridgehead atoms. The molecular formula is C12H18N2. The molecule has 0 aliphatic carbocycles. The summed E-state index contributed by atoms with van der Waals surface area (Å²) in [6.07, 6.45) is 0. The minimum atomic E-state index is 0.627. The molecule has 1 heterocycles. The van der Waals surface area contributed by atoms with E-state index < -0.39 is 0 Å². The lowest BCUT2D eigenvalue weighted by Crippen LogP contribution is -2.21. The Morgan fingerprint density at radius 2 is 2.00 bits per heavy atom. The summed E-state index contributed by atoms with van der Waals surface area (Å²) < 4.78 is 0. The smallest absolute Gasteiger partial charge is 0.00510 e. The van der Waals surface area contributed by atoms with Crippen LogP contribution >= 0.6 is 0 Å². The third-order valence-electron chi connectivity index (χ3n) is 3.15. The maximum atomic E-state index is 5.80. The second-order valence-corrected chi connectivity index (χ2v) is 4.23. The van der Waals surface area contributed by atoms with Crippen molar-refractivity contribution in [3.05, 3.63) is 35.9 Å². The first kappa shape index (κ1) is 9.69. The fraction of sp³-hybridized carbons (Fsp3) is 0.500. The van der Waals surface area contributed by atoms with Gasteiger partial charge in [0.15, 0.2) is 0 Å². The van der Waals surface area contributed by atoms with Crippen molar-refractivity contribution >= 4 is 0 Å². The van der Waals surface area contributed by atoms with Crippen LogP contribution in [0.2, 0.25) is 0 Å². The lowest BCUT2D eigenvalue weighted by molar-refractivity contribution is 0.397. The molecule has 2 N–H and O–H groups in total. The molecule has 1 aromatic carbocycles. The molecule has 2 rings (SSSR count). The standard InChI is InChI=1S/C12H18N2/c1-14-8-11(7-13)12(9-14)10-5-3-2-4-6-10/h2-6,11-12H,7-9,13H2,1H3/t11-,12-/m0/s1. The van der Waals surface area contributed by atoms with Gasteiger partial charge in [-0.05, 0) is 25.1 Å². The van der Waals surface area contributed by atoms with Crippen molar-refractivity contribution in [1.29, 1.82) is 0 Å². The highest BCUT2D eigenvalue weighted by Crippen LogP contribution is 2.30. The number of hydrogen-bond acceptors (Lipinski definition) is 2. The van der Waals surface area contributed by atoms with Gasteiger partial charge in [0.2, 0.25) is 0 Å². The zero-order chi connectivity index (χ0) is 9.97. The molecule has 2 heteroatoms. The third-order valence-corrected chi connectivity index (χ3v) is 3.15. The summed E-state index contributed by atoms with van der Waals surface area (Å²) in [4.78, 5) is 2.37. The largest absolute Gasteiger partial charge is 0.330 e. The summed E-state index contributed by atoms with van der Waals surface area (Å²) in [5.74, 6) is 1.26. The van der Waals surface area contributed by atoms with E-state index in [1.165, 1.54) is 5.56 Å². The Bertz CT molecular complexity index is 284. The summed E-state index contributed by atoms with van der Waals surface area (Å²) in [6, 6.07) is 10.7. The highest BCUT2D eigenvalue weighted by molar-refractivity contribution is 5.22. The SMILES string of the molecule is CN1C[C@H](CN)[C@H](c2ccccc2)C1. The number of likely N-dealkylation sites (N-methyl/N-ethyl adjacent to an activating group) is 1. The Balaban J connectivity index is 2.18. The summed E-state index contributed by atoms with van der Waals surface area (Å²) in [6.45, 7) is 3.08. The van der Waals surface area contributed by atoms with E-state index in [-0.39, 0.29) is 0 Å². The van der Waals surface area contributed by atoms with Gasteiger partial charge in [-0.25, -0.2) is 0 Å². The number of likely N-dealkylation sites (tertiary alicyclic amines) is 1. The molecule has 1 aliphatic heterocycles. The van der Waals surface area contributed by atoms with Crippen LogP contribution in [-0.4, -0.2) is 31.6 Å². The maximum absolute atomic E-state index is 5.80. The topological polar surface area (TPSA) is 29.3 Å². The van der Waals surface area contributed by atoms with Gasteiger partial charge >= 0.3 is 0 Å². The number of rotatable bonds is 2. The number of nitrogens with zero attached hydrogens (tertiary/aromatic N) is 1. The quantitative estimate of drug-likeness (QED) is 0.761. The van der Waals surface area contributed by atoms with Crippen LogP contribution in [0, 0.1) is 5.92 Å². The molecule has 0 saturated carbocycles. The highest BCUT2D eigenvalue weighted by Gasteiger charge is 2.30. The summed E-state index contributed by atoms with van der Waals surface area (Å²) >= 11 is 0. The number of hydrogen-bond donors (Lipinski definition) is 1. The van der Waals surface area contributed by atoms with Gasteiger partial charge in [0.05, 0.1) is 0 Å². The number of nitrogens with two attached hydrogens (primary N) is 1. The Labute approximate surface area is 85.7 Å². The van der Waals surface area contributed by atoms with E-state index in [2.05, 4.69) is 42.3 Å². The molecule has 76 valence electrons. The fourth-order valence-corrected chi connectivity index (χ4v) is 2.40. The average molecular weight is 190 g/mol. The van der Waals surface area contributed by atoms with Gasteiger partial charge in [-0.2, -0.15) is 0 Å². The van der Waals surface area contributed by atoms with E-state index in [1.54, 1.807) is 0 Å². The zero-order valence-corrected chi connectivity index (χ0v) is 8.69. The van der Waals surface area contributed by atoms with Crippen molar-refractivity contribution < 1.29 is 0 Å². The van der Waals surface area contributed by atoms with Crippen LogP contribution in [0.3, 0.4) is 0 Å².